The maximum absolute atomic E-state index is 13.1. The Bertz CT molecular complexity index is 947. The molecule has 0 spiro atoms. The highest BCUT2D eigenvalue weighted by atomic mass is 16.2. The Kier molecular flexibility index (Phi) is 4.53. The Morgan fingerprint density at radius 2 is 1.77 bits per heavy atom. The Hall–Kier alpha value is -3.32. The number of rotatable bonds is 4. The van der Waals surface area contributed by atoms with E-state index in [0.29, 0.717) is 12.1 Å². The monoisotopic (exact) mass is 341 g/mol. The third-order valence-electron chi connectivity index (χ3n) is 4.44. The zero-order chi connectivity index (χ0) is 17.8. The van der Waals surface area contributed by atoms with E-state index in [4.69, 9.17) is 0 Å². The van der Waals surface area contributed by atoms with E-state index in [-0.39, 0.29) is 11.9 Å². The van der Waals surface area contributed by atoms with Crippen LogP contribution < -0.4 is 0 Å². The molecule has 1 aliphatic rings. The van der Waals surface area contributed by atoms with Gasteiger partial charge < -0.3 is 4.90 Å². The summed E-state index contributed by atoms with van der Waals surface area (Å²) in [5.74, 6) is 6.27. The first-order valence-corrected chi connectivity index (χ1v) is 8.76. The zero-order valence-corrected chi connectivity index (χ0v) is 14.4. The molecule has 1 aromatic heterocycles. The molecule has 1 heterocycles. The van der Waals surface area contributed by atoms with Gasteiger partial charge in [-0.05, 0) is 25.0 Å². The molecular formula is C22H19N3O. The van der Waals surface area contributed by atoms with Gasteiger partial charge in [0.2, 0.25) is 0 Å². The van der Waals surface area contributed by atoms with Crippen LogP contribution in [0.3, 0.4) is 0 Å². The second-order valence-electron chi connectivity index (χ2n) is 6.36. The molecule has 2 aromatic carbocycles. The van der Waals surface area contributed by atoms with Gasteiger partial charge in [-0.1, -0.05) is 60.4 Å². The molecule has 1 saturated carbocycles. The van der Waals surface area contributed by atoms with Gasteiger partial charge in [-0.2, -0.15) is 5.10 Å². The molecule has 1 aliphatic carbocycles. The zero-order valence-electron chi connectivity index (χ0n) is 14.4. The van der Waals surface area contributed by atoms with E-state index in [1.165, 1.54) is 0 Å². The molecular weight excluding hydrogens is 322 g/mol. The summed E-state index contributed by atoms with van der Waals surface area (Å²) in [4.78, 5) is 15.0. The molecule has 0 radical (unpaired) electrons. The van der Waals surface area contributed by atoms with Crippen LogP contribution in [-0.2, 0) is 0 Å². The molecule has 0 atom stereocenters. The summed E-state index contributed by atoms with van der Waals surface area (Å²) >= 11 is 0. The van der Waals surface area contributed by atoms with Crippen molar-refractivity contribution in [2.75, 3.05) is 6.54 Å². The Morgan fingerprint density at radius 3 is 2.46 bits per heavy atom. The van der Waals surface area contributed by atoms with E-state index < -0.39 is 0 Å². The van der Waals surface area contributed by atoms with Crippen molar-refractivity contribution in [2.24, 2.45) is 0 Å². The SMILES string of the molecule is O=C(c1cn[nH]c1-c1ccccc1)N(CC#Cc1ccccc1)C1CC1. The molecule has 1 amide bonds. The number of carbonyl (C=O) groups is 1. The van der Waals surface area contributed by atoms with Crippen LogP contribution in [0, 0.1) is 11.8 Å². The van der Waals surface area contributed by atoms with Gasteiger partial charge in [0.1, 0.15) is 0 Å². The number of nitrogens with one attached hydrogen (secondary N) is 1. The maximum Gasteiger partial charge on any atom is 0.258 e. The van der Waals surface area contributed by atoms with Crippen LogP contribution in [0.5, 0.6) is 0 Å². The van der Waals surface area contributed by atoms with Gasteiger partial charge in [-0.25, -0.2) is 0 Å². The number of hydrogen-bond acceptors (Lipinski definition) is 2. The summed E-state index contributed by atoms with van der Waals surface area (Å²) in [6.07, 6.45) is 3.69. The predicted molar refractivity (Wildman–Crippen MR) is 101 cm³/mol. The Balaban J connectivity index is 1.56. The summed E-state index contributed by atoms with van der Waals surface area (Å²) in [5, 5.41) is 7.07. The predicted octanol–water partition coefficient (Wildman–Crippen LogP) is 3.73. The number of H-pyrrole nitrogens is 1. The average molecular weight is 341 g/mol. The highest BCUT2D eigenvalue weighted by Crippen LogP contribution is 2.30. The first-order valence-electron chi connectivity index (χ1n) is 8.76. The molecule has 0 aliphatic heterocycles. The van der Waals surface area contributed by atoms with E-state index in [0.717, 1.165) is 29.7 Å². The largest absolute Gasteiger partial charge is 0.324 e. The normalized spacial score (nSPS) is 12.9. The van der Waals surface area contributed by atoms with Crippen LogP contribution in [0.15, 0.2) is 66.9 Å². The van der Waals surface area contributed by atoms with Crippen LogP contribution >= 0.6 is 0 Å². The lowest BCUT2D eigenvalue weighted by atomic mass is 10.1. The number of aromatic amines is 1. The summed E-state index contributed by atoms with van der Waals surface area (Å²) in [5.41, 5.74) is 3.28. The minimum absolute atomic E-state index is 0.0116. The first kappa shape index (κ1) is 16.2. The van der Waals surface area contributed by atoms with Crippen LogP contribution in [0.25, 0.3) is 11.3 Å². The van der Waals surface area contributed by atoms with Gasteiger partial charge in [-0.15, -0.1) is 0 Å². The van der Waals surface area contributed by atoms with Crippen LogP contribution in [0.4, 0.5) is 0 Å². The van der Waals surface area contributed by atoms with E-state index in [9.17, 15) is 4.79 Å². The van der Waals surface area contributed by atoms with Crippen molar-refractivity contribution < 1.29 is 4.79 Å². The third kappa shape index (κ3) is 3.52. The van der Waals surface area contributed by atoms with Gasteiger partial charge in [0.05, 0.1) is 24.0 Å². The van der Waals surface area contributed by atoms with Crippen LogP contribution in [0.1, 0.15) is 28.8 Å². The molecule has 4 nitrogen and oxygen atoms in total. The number of nitrogens with zero attached hydrogens (tertiary/aromatic N) is 2. The molecule has 0 unspecified atom stereocenters. The highest BCUT2D eigenvalue weighted by Gasteiger charge is 2.34. The van der Waals surface area contributed by atoms with E-state index in [1.807, 2.05) is 65.6 Å². The van der Waals surface area contributed by atoms with E-state index in [1.54, 1.807) is 6.20 Å². The molecule has 3 aromatic rings. The first-order chi connectivity index (χ1) is 12.8. The Labute approximate surface area is 152 Å². The number of carbonyl (C=O) groups excluding carboxylic acids is 1. The van der Waals surface area contributed by atoms with Crippen LogP contribution in [0.2, 0.25) is 0 Å². The minimum atomic E-state index is -0.0116. The lowest BCUT2D eigenvalue weighted by Gasteiger charge is -2.19. The summed E-state index contributed by atoms with van der Waals surface area (Å²) in [7, 11) is 0. The second kappa shape index (κ2) is 7.28. The van der Waals surface area contributed by atoms with E-state index in [2.05, 4.69) is 22.0 Å². The number of benzene rings is 2. The topological polar surface area (TPSA) is 49.0 Å². The van der Waals surface area contributed by atoms with Crippen molar-refractivity contribution in [3.8, 4) is 23.1 Å². The Morgan fingerprint density at radius 1 is 1.08 bits per heavy atom. The number of amides is 1. The fraction of sp³-hybridized carbons (Fsp3) is 0.182. The van der Waals surface area contributed by atoms with Crippen molar-refractivity contribution in [1.29, 1.82) is 0 Å². The fourth-order valence-electron chi connectivity index (χ4n) is 2.93. The number of hydrogen-bond donors (Lipinski definition) is 1. The smallest absolute Gasteiger partial charge is 0.258 e. The molecule has 4 rings (SSSR count). The van der Waals surface area contributed by atoms with Crippen molar-refractivity contribution in [2.45, 2.75) is 18.9 Å². The summed E-state index contributed by atoms with van der Waals surface area (Å²) in [6, 6.07) is 19.9. The standard InChI is InChI=1S/C22H19N3O/c26-22(20-16-23-24-21(20)18-11-5-2-6-12-18)25(19-13-14-19)15-7-10-17-8-3-1-4-9-17/h1-6,8-9,11-12,16,19H,13-15H2,(H,23,24). The summed E-state index contributed by atoms with van der Waals surface area (Å²) in [6.45, 7) is 0.428. The molecule has 0 saturated heterocycles. The number of aromatic nitrogens is 2. The third-order valence-corrected chi connectivity index (χ3v) is 4.44. The lowest BCUT2D eigenvalue weighted by molar-refractivity contribution is 0.0766. The van der Waals surface area contributed by atoms with Gasteiger partial charge in [-0.3, -0.25) is 9.89 Å². The van der Waals surface area contributed by atoms with Gasteiger partial charge in [0.25, 0.3) is 5.91 Å². The van der Waals surface area contributed by atoms with Gasteiger partial charge in [0.15, 0.2) is 0 Å². The minimum Gasteiger partial charge on any atom is -0.324 e. The summed E-state index contributed by atoms with van der Waals surface area (Å²) < 4.78 is 0. The molecule has 4 heteroatoms. The van der Waals surface area contributed by atoms with Crippen molar-refractivity contribution in [1.82, 2.24) is 15.1 Å². The van der Waals surface area contributed by atoms with Crippen LogP contribution in [-0.4, -0.2) is 33.6 Å². The van der Waals surface area contributed by atoms with Crippen molar-refractivity contribution >= 4 is 5.91 Å². The van der Waals surface area contributed by atoms with Crippen molar-refractivity contribution in [3.63, 3.8) is 0 Å². The molecule has 1 fully saturated rings. The molecule has 0 bridgehead atoms. The van der Waals surface area contributed by atoms with Crippen molar-refractivity contribution in [3.05, 3.63) is 78.0 Å². The molecule has 26 heavy (non-hydrogen) atoms. The second-order valence-corrected chi connectivity index (χ2v) is 6.36. The average Bonchev–Trinajstić information content (AvgIpc) is 3.41. The van der Waals surface area contributed by atoms with Gasteiger partial charge in [0, 0.05) is 17.2 Å². The molecule has 1 N–H and O–H groups in total. The lowest BCUT2D eigenvalue weighted by Crippen LogP contribution is -2.33. The van der Waals surface area contributed by atoms with E-state index >= 15 is 0 Å². The quantitative estimate of drug-likeness (QED) is 0.735. The fourth-order valence-corrected chi connectivity index (χ4v) is 2.93. The molecule has 128 valence electrons. The van der Waals surface area contributed by atoms with Gasteiger partial charge >= 0.3 is 0 Å². The highest BCUT2D eigenvalue weighted by molar-refractivity contribution is 6.00. The maximum atomic E-state index is 13.1.